The molecule has 2 aliphatic rings. The van der Waals surface area contributed by atoms with E-state index in [0.717, 1.165) is 23.6 Å². The molecule has 1 aliphatic carbocycles. The van der Waals surface area contributed by atoms with E-state index in [4.69, 9.17) is 9.72 Å². The van der Waals surface area contributed by atoms with Gasteiger partial charge in [-0.2, -0.15) is 5.10 Å². The number of hydrogen-bond acceptors (Lipinski definition) is 4. The Labute approximate surface area is 124 Å². The maximum Gasteiger partial charge on any atom is 0.180 e. The molecule has 5 heteroatoms. The fourth-order valence-corrected chi connectivity index (χ4v) is 3.62. The third-order valence-corrected chi connectivity index (χ3v) is 4.87. The summed E-state index contributed by atoms with van der Waals surface area (Å²) in [5.41, 5.74) is 2.14. The van der Waals surface area contributed by atoms with Gasteiger partial charge in [-0.15, -0.1) is 0 Å². The van der Waals surface area contributed by atoms with Gasteiger partial charge in [0.25, 0.3) is 0 Å². The van der Waals surface area contributed by atoms with Crippen LogP contribution in [0.15, 0.2) is 12.4 Å². The maximum absolute atomic E-state index is 6.22. The van der Waals surface area contributed by atoms with Crippen molar-refractivity contribution in [2.45, 2.75) is 57.6 Å². The van der Waals surface area contributed by atoms with E-state index < -0.39 is 0 Å². The minimum absolute atomic E-state index is 0.302. The first-order valence-corrected chi connectivity index (χ1v) is 7.93. The number of nitrogens with zero attached hydrogens (tertiary/aromatic N) is 4. The fraction of sp³-hybridized carbons (Fsp3) is 0.625. The zero-order valence-corrected chi connectivity index (χ0v) is 12.9. The predicted octanol–water partition coefficient (Wildman–Crippen LogP) is 2.99. The molecule has 1 fully saturated rings. The van der Waals surface area contributed by atoms with E-state index in [1.807, 2.05) is 16.9 Å². The first-order valence-electron chi connectivity index (χ1n) is 7.93. The molecule has 1 aliphatic heterocycles. The quantitative estimate of drug-likeness (QED) is 0.808. The van der Waals surface area contributed by atoms with E-state index in [-0.39, 0.29) is 0 Å². The molecule has 0 aromatic carbocycles. The van der Waals surface area contributed by atoms with Crippen molar-refractivity contribution >= 4 is 11.5 Å². The van der Waals surface area contributed by atoms with Crippen LogP contribution in [0.1, 0.15) is 51.0 Å². The van der Waals surface area contributed by atoms with Crippen molar-refractivity contribution in [3.8, 4) is 5.75 Å². The topological polar surface area (TPSA) is 42.7 Å². The molecule has 2 unspecified atom stereocenters. The molecule has 0 bridgehead atoms. The highest BCUT2D eigenvalue weighted by Gasteiger charge is 2.37. The highest BCUT2D eigenvalue weighted by atomic mass is 16.5. The third-order valence-electron chi connectivity index (χ3n) is 4.87. The van der Waals surface area contributed by atoms with E-state index in [0.29, 0.717) is 18.1 Å². The highest BCUT2D eigenvalue weighted by Crippen LogP contribution is 2.39. The maximum atomic E-state index is 6.22. The lowest BCUT2D eigenvalue weighted by Crippen LogP contribution is -2.50. The molecule has 4 rings (SSSR count). The summed E-state index contributed by atoms with van der Waals surface area (Å²) in [7, 11) is 2.15. The molecular weight excluding hydrogens is 264 g/mol. The van der Waals surface area contributed by atoms with Crippen molar-refractivity contribution in [3.05, 3.63) is 18.0 Å². The van der Waals surface area contributed by atoms with Gasteiger partial charge in [0, 0.05) is 12.6 Å². The lowest BCUT2D eigenvalue weighted by atomic mass is 9.90. The lowest BCUT2D eigenvalue weighted by molar-refractivity contribution is 0.115. The van der Waals surface area contributed by atoms with E-state index in [9.17, 15) is 0 Å². The summed E-state index contributed by atoms with van der Waals surface area (Å²) in [6.45, 7) is 4.35. The standard InChI is InChI=1S/C16H22N4O/c1-10(2)11-8-17-20-9-14-16(18-15(11)20)19(3)12-6-4-5-7-13(12)21-14/h8-10,12-13H,4-7H2,1-3H3. The average molecular weight is 286 g/mol. The summed E-state index contributed by atoms with van der Waals surface area (Å²) in [5, 5.41) is 4.43. The Kier molecular flexibility index (Phi) is 2.84. The highest BCUT2D eigenvalue weighted by molar-refractivity contribution is 5.61. The van der Waals surface area contributed by atoms with Gasteiger partial charge in [-0.25, -0.2) is 9.50 Å². The third kappa shape index (κ3) is 1.90. The van der Waals surface area contributed by atoms with Crippen molar-refractivity contribution in [3.63, 3.8) is 0 Å². The van der Waals surface area contributed by atoms with Crippen LogP contribution in [0.25, 0.3) is 5.65 Å². The van der Waals surface area contributed by atoms with Crippen molar-refractivity contribution < 1.29 is 4.74 Å². The van der Waals surface area contributed by atoms with Crippen LogP contribution in [0.4, 0.5) is 5.82 Å². The predicted molar refractivity (Wildman–Crippen MR) is 82.2 cm³/mol. The van der Waals surface area contributed by atoms with Crippen molar-refractivity contribution in [2.24, 2.45) is 0 Å². The van der Waals surface area contributed by atoms with Crippen LogP contribution in [0.5, 0.6) is 5.75 Å². The fourth-order valence-electron chi connectivity index (χ4n) is 3.62. The molecule has 3 heterocycles. The molecule has 2 aromatic rings. The van der Waals surface area contributed by atoms with Gasteiger partial charge in [-0.1, -0.05) is 20.3 Å². The Balaban J connectivity index is 1.84. The Morgan fingerprint density at radius 2 is 2.10 bits per heavy atom. The summed E-state index contributed by atoms with van der Waals surface area (Å²) in [6, 6.07) is 0.464. The van der Waals surface area contributed by atoms with Crippen LogP contribution in [0.3, 0.4) is 0 Å². The van der Waals surface area contributed by atoms with Gasteiger partial charge in [-0.05, 0) is 25.2 Å². The zero-order valence-electron chi connectivity index (χ0n) is 12.9. The molecule has 2 atom stereocenters. The Bertz CT molecular complexity index is 678. The normalized spacial score (nSPS) is 24.9. The Morgan fingerprint density at radius 1 is 1.29 bits per heavy atom. The van der Waals surface area contributed by atoms with Gasteiger partial charge < -0.3 is 9.64 Å². The van der Waals surface area contributed by atoms with Crippen LogP contribution in [-0.2, 0) is 0 Å². The molecule has 2 aromatic heterocycles. The van der Waals surface area contributed by atoms with Crippen molar-refractivity contribution in [1.82, 2.24) is 14.6 Å². The minimum atomic E-state index is 0.302. The molecule has 0 N–H and O–H groups in total. The summed E-state index contributed by atoms with van der Waals surface area (Å²) < 4.78 is 8.07. The molecule has 112 valence electrons. The lowest BCUT2D eigenvalue weighted by Gasteiger charge is -2.43. The van der Waals surface area contributed by atoms with E-state index in [1.54, 1.807) is 0 Å². The number of hydrogen-bond donors (Lipinski definition) is 0. The molecule has 0 amide bonds. The Morgan fingerprint density at radius 3 is 2.90 bits per heavy atom. The van der Waals surface area contributed by atoms with Crippen molar-refractivity contribution in [1.29, 1.82) is 0 Å². The minimum Gasteiger partial charge on any atom is -0.483 e. The number of ether oxygens (including phenoxy) is 1. The van der Waals surface area contributed by atoms with E-state index >= 15 is 0 Å². The summed E-state index contributed by atoms with van der Waals surface area (Å²) in [6.07, 6.45) is 9.11. The number of aromatic nitrogens is 3. The van der Waals surface area contributed by atoms with Crippen LogP contribution in [0, 0.1) is 0 Å². The molecule has 21 heavy (non-hydrogen) atoms. The van der Waals surface area contributed by atoms with Crippen LogP contribution in [-0.4, -0.2) is 33.8 Å². The van der Waals surface area contributed by atoms with Crippen LogP contribution < -0.4 is 9.64 Å². The molecule has 5 nitrogen and oxygen atoms in total. The molecule has 0 radical (unpaired) electrons. The van der Waals surface area contributed by atoms with Gasteiger partial charge in [0.2, 0.25) is 0 Å². The van der Waals surface area contributed by atoms with Crippen LogP contribution in [0.2, 0.25) is 0 Å². The monoisotopic (exact) mass is 286 g/mol. The summed E-state index contributed by atoms with van der Waals surface area (Å²) in [4.78, 5) is 7.19. The molecule has 0 spiro atoms. The zero-order chi connectivity index (χ0) is 14.6. The SMILES string of the molecule is CC(C)c1cnn2cc3c(nc12)N(C)C1CCCCC1O3. The van der Waals surface area contributed by atoms with Crippen LogP contribution >= 0.6 is 0 Å². The second-order valence-electron chi connectivity index (χ2n) is 6.57. The first-order chi connectivity index (χ1) is 10.1. The second-order valence-corrected chi connectivity index (χ2v) is 6.57. The van der Waals surface area contributed by atoms with Gasteiger partial charge in [0.15, 0.2) is 17.2 Å². The number of likely N-dealkylation sites (N-methyl/N-ethyl adjacent to an activating group) is 1. The number of rotatable bonds is 1. The number of anilines is 1. The van der Waals surface area contributed by atoms with Gasteiger partial charge in [0.05, 0.1) is 18.4 Å². The smallest absolute Gasteiger partial charge is 0.180 e. The van der Waals surface area contributed by atoms with Gasteiger partial charge in [0.1, 0.15) is 6.10 Å². The van der Waals surface area contributed by atoms with Crippen molar-refractivity contribution in [2.75, 3.05) is 11.9 Å². The van der Waals surface area contributed by atoms with E-state index in [1.165, 1.54) is 24.8 Å². The molecule has 0 saturated heterocycles. The number of fused-ring (bicyclic) bond motifs is 3. The van der Waals surface area contributed by atoms with Gasteiger partial charge in [-0.3, -0.25) is 0 Å². The summed E-state index contributed by atoms with van der Waals surface area (Å²) in [5.74, 6) is 2.25. The average Bonchev–Trinajstić information content (AvgIpc) is 2.89. The molecule has 1 saturated carbocycles. The van der Waals surface area contributed by atoms with Gasteiger partial charge >= 0.3 is 0 Å². The summed E-state index contributed by atoms with van der Waals surface area (Å²) >= 11 is 0. The Hall–Kier alpha value is -1.78. The largest absolute Gasteiger partial charge is 0.483 e. The first kappa shape index (κ1) is 12.9. The second kappa shape index (κ2) is 4.61. The molecular formula is C16H22N4O. The van der Waals surface area contributed by atoms with E-state index in [2.05, 4.69) is 30.9 Å².